The molecule has 1 aliphatic heterocycles. The molecule has 5 nitrogen and oxygen atoms in total. The van der Waals surface area contributed by atoms with Crippen LogP contribution in [0.15, 0.2) is 59.8 Å². The summed E-state index contributed by atoms with van der Waals surface area (Å²) >= 11 is 6.48. The molecule has 0 amide bonds. The first-order valence-electron chi connectivity index (χ1n) is 9.12. The summed E-state index contributed by atoms with van der Waals surface area (Å²) in [5.74, 6) is 0.433. The first kappa shape index (κ1) is 17.1. The van der Waals surface area contributed by atoms with Crippen molar-refractivity contribution in [2.45, 2.75) is 25.3 Å². The van der Waals surface area contributed by atoms with Gasteiger partial charge in [0.05, 0.1) is 5.56 Å². The first-order valence-corrected chi connectivity index (χ1v) is 9.50. The Hall–Kier alpha value is -2.99. The zero-order valence-corrected chi connectivity index (χ0v) is 15.6. The van der Waals surface area contributed by atoms with Crippen LogP contribution in [-0.2, 0) is 4.79 Å². The van der Waals surface area contributed by atoms with Gasteiger partial charge in [-0.05, 0) is 31.0 Å². The summed E-state index contributed by atoms with van der Waals surface area (Å²) in [5.41, 5.74) is 2.60. The third kappa shape index (κ3) is 2.64. The lowest BCUT2D eigenvalue weighted by Gasteiger charge is -2.32. The summed E-state index contributed by atoms with van der Waals surface area (Å²) in [6.07, 6.45) is 2.03. The van der Waals surface area contributed by atoms with E-state index in [0.717, 1.165) is 24.1 Å². The molecule has 0 radical (unpaired) electrons. The highest BCUT2D eigenvalue weighted by Crippen LogP contribution is 2.42. The van der Waals surface area contributed by atoms with Crippen molar-refractivity contribution in [1.82, 2.24) is 14.8 Å². The van der Waals surface area contributed by atoms with E-state index >= 15 is 0 Å². The van der Waals surface area contributed by atoms with E-state index in [4.69, 9.17) is 11.6 Å². The number of carbonyl (C=O) groups is 1. The lowest BCUT2D eigenvalue weighted by molar-refractivity contribution is -0.116. The van der Waals surface area contributed by atoms with Crippen LogP contribution in [-0.4, -0.2) is 20.5 Å². The van der Waals surface area contributed by atoms with Crippen molar-refractivity contribution in [3.63, 3.8) is 0 Å². The fourth-order valence-corrected chi connectivity index (χ4v) is 4.14. The Kier molecular flexibility index (Phi) is 4.02. The minimum absolute atomic E-state index is 0.0762. The lowest BCUT2D eigenvalue weighted by atomic mass is 9.85. The Balaban J connectivity index is 1.72. The molecule has 0 bridgehead atoms. The molecule has 0 saturated heterocycles. The number of carbonyl (C=O) groups excluding carboxylic acids is 1. The van der Waals surface area contributed by atoms with Gasteiger partial charge in [0.25, 0.3) is 0 Å². The zero-order chi connectivity index (χ0) is 19.3. The fourth-order valence-electron chi connectivity index (χ4n) is 3.90. The van der Waals surface area contributed by atoms with E-state index in [9.17, 15) is 9.18 Å². The Morgan fingerprint density at radius 1 is 1.11 bits per heavy atom. The standard InChI is InChI=1S/C21H16ClFN4O/c22-14-8-3-1-6-12(14)19-18-16(10-5-11-17(18)28)24-21-25-20(26-27(19)21)13-7-2-4-9-15(13)23/h1-4,6-9,19H,5,10-11H2,(H,24,25,26). The number of hydrogen-bond donors (Lipinski definition) is 1. The molecule has 7 heteroatoms. The minimum Gasteiger partial charge on any atom is -0.328 e. The molecule has 2 aromatic carbocycles. The Bertz CT molecular complexity index is 1140. The average Bonchev–Trinajstić information content (AvgIpc) is 3.11. The van der Waals surface area contributed by atoms with Crippen LogP contribution in [0.5, 0.6) is 0 Å². The highest BCUT2D eigenvalue weighted by molar-refractivity contribution is 6.31. The van der Waals surface area contributed by atoms with Gasteiger partial charge < -0.3 is 5.32 Å². The third-order valence-corrected chi connectivity index (χ3v) is 5.53. The van der Waals surface area contributed by atoms with Gasteiger partial charge in [-0.15, -0.1) is 5.10 Å². The van der Waals surface area contributed by atoms with Gasteiger partial charge in [0, 0.05) is 28.3 Å². The zero-order valence-electron chi connectivity index (χ0n) is 14.8. The highest BCUT2D eigenvalue weighted by atomic mass is 35.5. The number of halogens is 2. The molecule has 2 heterocycles. The molecular weight excluding hydrogens is 379 g/mol. The van der Waals surface area contributed by atoms with E-state index in [-0.39, 0.29) is 11.6 Å². The van der Waals surface area contributed by atoms with Gasteiger partial charge in [-0.3, -0.25) is 4.79 Å². The van der Waals surface area contributed by atoms with Gasteiger partial charge in [-0.25, -0.2) is 9.07 Å². The number of fused-ring (bicyclic) bond motifs is 1. The largest absolute Gasteiger partial charge is 0.328 e. The van der Waals surface area contributed by atoms with Gasteiger partial charge in [0.1, 0.15) is 11.9 Å². The third-order valence-electron chi connectivity index (χ3n) is 5.18. The molecule has 1 aliphatic carbocycles. The first-order chi connectivity index (χ1) is 13.6. The number of ketones is 1. The van der Waals surface area contributed by atoms with Gasteiger partial charge in [0.15, 0.2) is 11.6 Å². The van der Waals surface area contributed by atoms with Crippen LogP contribution in [0.1, 0.15) is 30.9 Å². The van der Waals surface area contributed by atoms with E-state index < -0.39 is 11.9 Å². The Morgan fingerprint density at radius 2 is 1.89 bits per heavy atom. The summed E-state index contributed by atoms with van der Waals surface area (Å²) in [5, 5.41) is 8.35. The van der Waals surface area contributed by atoms with Gasteiger partial charge in [-0.2, -0.15) is 4.98 Å². The molecule has 1 N–H and O–H groups in total. The lowest BCUT2D eigenvalue weighted by Crippen LogP contribution is -2.31. The molecule has 28 heavy (non-hydrogen) atoms. The Labute approximate surface area is 165 Å². The van der Waals surface area contributed by atoms with E-state index in [2.05, 4.69) is 15.4 Å². The van der Waals surface area contributed by atoms with E-state index in [1.54, 1.807) is 28.9 Å². The van der Waals surface area contributed by atoms with Crippen molar-refractivity contribution in [2.24, 2.45) is 0 Å². The number of rotatable bonds is 2. The van der Waals surface area contributed by atoms with Crippen molar-refractivity contribution in [3.05, 3.63) is 76.2 Å². The monoisotopic (exact) mass is 394 g/mol. The number of benzene rings is 2. The molecule has 140 valence electrons. The maximum atomic E-state index is 14.3. The van der Waals surface area contributed by atoms with Crippen LogP contribution in [0.3, 0.4) is 0 Å². The minimum atomic E-state index is -0.485. The number of aromatic nitrogens is 3. The molecule has 1 aromatic heterocycles. The molecule has 1 unspecified atom stereocenters. The van der Waals surface area contributed by atoms with E-state index in [1.165, 1.54) is 6.07 Å². The number of Topliss-reactive ketones (excluding diaryl/α,β-unsaturated/α-hetero) is 1. The predicted octanol–water partition coefficient (Wildman–Crippen LogP) is 4.76. The Morgan fingerprint density at radius 3 is 2.71 bits per heavy atom. The molecule has 0 fully saturated rings. The molecule has 0 spiro atoms. The van der Waals surface area contributed by atoms with E-state index in [0.29, 0.717) is 28.5 Å². The van der Waals surface area contributed by atoms with Crippen LogP contribution < -0.4 is 5.32 Å². The number of hydrogen-bond acceptors (Lipinski definition) is 4. The second-order valence-electron chi connectivity index (χ2n) is 6.90. The fraction of sp³-hybridized carbons (Fsp3) is 0.190. The summed E-state index contributed by atoms with van der Waals surface area (Å²) in [7, 11) is 0. The predicted molar refractivity (Wildman–Crippen MR) is 105 cm³/mol. The quantitative estimate of drug-likeness (QED) is 0.680. The van der Waals surface area contributed by atoms with Gasteiger partial charge >= 0.3 is 0 Å². The molecule has 3 aromatic rings. The molecular formula is C21H16ClFN4O. The van der Waals surface area contributed by atoms with Crippen LogP contribution in [0.25, 0.3) is 11.4 Å². The highest BCUT2D eigenvalue weighted by Gasteiger charge is 2.37. The summed E-state index contributed by atoms with van der Waals surface area (Å²) in [4.78, 5) is 17.3. The van der Waals surface area contributed by atoms with Crippen LogP contribution >= 0.6 is 11.6 Å². The van der Waals surface area contributed by atoms with Crippen molar-refractivity contribution >= 4 is 23.3 Å². The number of nitrogens with one attached hydrogen (secondary N) is 1. The summed E-state index contributed by atoms with van der Waals surface area (Å²) in [6, 6.07) is 13.3. The maximum absolute atomic E-state index is 14.3. The number of anilines is 1. The van der Waals surface area contributed by atoms with Gasteiger partial charge in [-0.1, -0.05) is 41.9 Å². The van der Waals surface area contributed by atoms with Crippen LogP contribution in [0, 0.1) is 5.82 Å². The topological polar surface area (TPSA) is 59.8 Å². The van der Waals surface area contributed by atoms with Crippen molar-refractivity contribution in [1.29, 1.82) is 0 Å². The summed E-state index contributed by atoms with van der Waals surface area (Å²) in [6.45, 7) is 0. The van der Waals surface area contributed by atoms with Crippen molar-refractivity contribution in [2.75, 3.05) is 5.32 Å². The molecule has 0 saturated carbocycles. The van der Waals surface area contributed by atoms with Crippen molar-refractivity contribution in [3.8, 4) is 11.4 Å². The SMILES string of the molecule is O=C1CCCC2=C1C(c1ccccc1Cl)n1nc(-c3ccccc3F)nc1N2. The maximum Gasteiger partial charge on any atom is 0.226 e. The van der Waals surface area contributed by atoms with Gasteiger partial charge in [0.2, 0.25) is 5.95 Å². The molecule has 1 atom stereocenters. The number of allylic oxidation sites excluding steroid dienone is 2. The number of nitrogens with zero attached hydrogens (tertiary/aromatic N) is 3. The normalized spacial score (nSPS) is 18.5. The van der Waals surface area contributed by atoms with Crippen LogP contribution in [0.4, 0.5) is 10.3 Å². The smallest absolute Gasteiger partial charge is 0.226 e. The van der Waals surface area contributed by atoms with Crippen LogP contribution in [0.2, 0.25) is 5.02 Å². The van der Waals surface area contributed by atoms with Crippen molar-refractivity contribution < 1.29 is 9.18 Å². The van der Waals surface area contributed by atoms with E-state index in [1.807, 2.05) is 18.2 Å². The second-order valence-corrected chi connectivity index (χ2v) is 7.31. The average molecular weight is 395 g/mol. The second kappa shape index (κ2) is 6.56. The summed E-state index contributed by atoms with van der Waals surface area (Å²) < 4.78 is 15.9. The molecule has 2 aliphatic rings. The molecule has 5 rings (SSSR count).